The van der Waals surface area contributed by atoms with Crippen LogP contribution in [-0.2, 0) is 28.9 Å². The van der Waals surface area contributed by atoms with Crippen molar-refractivity contribution < 1.29 is 14.4 Å². The molecular weight excluding hydrogens is 412 g/mol. The Morgan fingerprint density at radius 1 is 1.19 bits per heavy atom. The lowest BCUT2D eigenvalue weighted by Crippen LogP contribution is -2.55. The van der Waals surface area contributed by atoms with Crippen molar-refractivity contribution in [3.05, 3.63) is 52.0 Å². The Hall–Kier alpha value is -2.74. The molecule has 3 aliphatic rings. The van der Waals surface area contributed by atoms with Crippen molar-refractivity contribution >= 4 is 29.2 Å². The molecule has 1 aliphatic carbocycles. The van der Waals surface area contributed by atoms with Crippen molar-refractivity contribution in [2.75, 3.05) is 13.1 Å². The maximum absolute atomic E-state index is 13.5. The van der Waals surface area contributed by atoms with Crippen LogP contribution in [0.2, 0.25) is 0 Å². The number of nitrogens with zero attached hydrogens (tertiary/aromatic N) is 3. The van der Waals surface area contributed by atoms with Gasteiger partial charge in [0.15, 0.2) is 0 Å². The summed E-state index contributed by atoms with van der Waals surface area (Å²) in [4.78, 5) is 46.4. The second-order valence-corrected chi connectivity index (χ2v) is 9.67. The molecule has 1 aromatic heterocycles. The summed E-state index contributed by atoms with van der Waals surface area (Å²) in [5.74, 6) is -0.0368. The van der Waals surface area contributed by atoms with Crippen molar-refractivity contribution in [3.63, 3.8) is 0 Å². The molecule has 0 spiro atoms. The fourth-order valence-electron chi connectivity index (χ4n) is 5.30. The monoisotopic (exact) mass is 438 g/mol. The zero-order valence-electron chi connectivity index (χ0n) is 17.5. The number of piperidine rings is 1. The summed E-state index contributed by atoms with van der Waals surface area (Å²) in [5, 5.41) is 4.91. The second-order valence-electron chi connectivity index (χ2n) is 8.95. The predicted molar refractivity (Wildman–Crippen MR) is 117 cm³/mol. The Kier molecular flexibility index (Phi) is 5.04. The quantitative estimate of drug-likeness (QED) is 0.743. The molecule has 2 saturated heterocycles. The van der Waals surface area contributed by atoms with Gasteiger partial charge >= 0.3 is 6.03 Å². The number of aromatic nitrogens is 1. The Labute approximate surface area is 185 Å². The Morgan fingerprint density at radius 2 is 1.87 bits per heavy atom. The van der Waals surface area contributed by atoms with E-state index in [1.807, 2.05) is 29.3 Å². The van der Waals surface area contributed by atoms with E-state index in [0.29, 0.717) is 32.4 Å². The molecule has 162 valence electrons. The molecule has 5 rings (SSSR count). The maximum atomic E-state index is 13.5. The number of likely N-dealkylation sites (tertiary alicyclic amines) is 1. The van der Waals surface area contributed by atoms with Gasteiger partial charge in [-0.3, -0.25) is 14.5 Å². The van der Waals surface area contributed by atoms with Gasteiger partial charge in [-0.25, -0.2) is 9.78 Å². The lowest BCUT2D eigenvalue weighted by molar-refractivity contribution is -0.136. The van der Waals surface area contributed by atoms with Gasteiger partial charge in [0.05, 0.1) is 17.6 Å². The summed E-state index contributed by atoms with van der Waals surface area (Å²) in [6.07, 6.45) is 3.15. The minimum absolute atomic E-state index is 0.0149. The van der Waals surface area contributed by atoms with Crippen molar-refractivity contribution in [1.82, 2.24) is 20.1 Å². The SMILES string of the molecule is C[C@]1(C2CCN(C(=O)Cc3cscn3)CC2)NC(=O)N(C2Cc3ccccc3C2)C1=O. The average molecular weight is 439 g/mol. The third-order valence-electron chi connectivity index (χ3n) is 7.12. The summed E-state index contributed by atoms with van der Waals surface area (Å²) in [7, 11) is 0. The lowest BCUT2D eigenvalue weighted by atomic mass is 9.78. The third-order valence-corrected chi connectivity index (χ3v) is 7.76. The molecule has 2 aromatic rings. The van der Waals surface area contributed by atoms with Crippen LogP contribution in [0, 0.1) is 5.92 Å². The predicted octanol–water partition coefficient (Wildman–Crippen LogP) is 2.40. The summed E-state index contributed by atoms with van der Waals surface area (Å²) in [6.45, 7) is 3.05. The van der Waals surface area contributed by atoms with E-state index in [0.717, 1.165) is 18.5 Å². The first-order valence-corrected chi connectivity index (χ1v) is 11.8. The normalized spacial score (nSPS) is 24.5. The van der Waals surface area contributed by atoms with Gasteiger partial charge in [-0.1, -0.05) is 24.3 Å². The van der Waals surface area contributed by atoms with E-state index in [9.17, 15) is 14.4 Å². The standard InChI is InChI=1S/C23H26N4O3S/c1-23(17-6-8-26(9-7-17)20(28)12-18-13-31-14-24-18)21(29)27(22(30)25-23)19-10-15-4-2-3-5-16(15)11-19/h2-5,13-14,17,19H,6-12H2,1H3,(H,25,30)/t23-/m1/s1. The van der Waals surface area contributed by atoms with Crippen LogP contribution in [-0.4, -0.2) is 57.3 Å². The van der Waals surface area contributed by atoms with E-state index in [-0.39, 0.29) is 29.8 Å². The molecule has 3 heterocycles. The Balaban J connectivity index is 1.23. The van der Waals surface area contributed by atoms with E-state index < -0.39 is 5.54 Å². The number of hydrogen-bond donors (Lipinski definition) is 1. The molecule has 4 amide bonds. The minimum Gasteiger partial charge on any atom is -0.342 e. The van der Waals surface area contributed by atoms with Crippen LogP contribution in [0.5, 0.6) is 0 Å². The number of benzene rings is 1. The first-order valence-electron chi connectivity index (χ1n) is 10.8. The maximum Gasteiger partial charge on any atom is 0.325 e. The van der Waals surface area contributed by atoms with Crippen molar-refractivity contribution in [3.8, 4) is 0 Å². The number of carbonyl (C=O) groups excluding carboxylic acids is 3. The van der Waals surface area contributed by atoms with Gasteiger partial charge in [0.1, 0.15) is 5.54 Å². The third kappa shape index (κ3) is 3.52. The lowest BCUT2D eigenvalue weighted by Gasteiger charge is -2.39. The molecule has 1 atom stereocenters. The first kappa shape index (κ1) is 20.2. The molecule has 7 nitrogen and oxygen atoms in total. The van der Waals surface area contributed by atoms with Gasteiger partial charge in [0.2, 0.25) is 5.91 Å². The number of amides is 4. The minimum atomic E-state index is -0.907. The largest absolute Gasteiger partial charge is 0.342 e. The number of hydrogen-bond acceptors (Lipinski definition) is 5. The van der Waals surface area contributed by atoms with Crippen LogP contribution in [0.25, 0.3) is 0 Å². The van der Waals surface area contributed by atoms with Crippen LogP contribution in [0.15, 0.2) is 35.2 Å². The number of fused-ring (bicyclic) bond motifs is 1. The van der Waals surface area contributed by atoms with Crippen molar-refractivity contribution in [2.45, 2.75) is 50.6 Å². The van der Waals surface area contributed by atoms with Crippen LogP contribution in [0.3, 0.4) is 0 Å². The molecular formula is C23H26N4O3S. The number of nitrogens with one attached hydrogen (secondary N) is 1. The van der Waals surface area contributed by atoms with E-state index in [1.54, 1.807) is 5.51 Å². The van der Waals surface area contributed by atoms with Gasteiger partial charge in [0, 0.05) is 24.5 Å². The van der Waals surface area contributed by atoms with Crippen LogP contribution in [0.1, 0.15) is 36.6 Å². The van der Waals surface area contributed by atoms with E-state index in [1.165, 1.54) is 27.4 Å². The van der Waals surface area contributed by atoms with Gasteiger partial charge < -0.3 is 10.2 Å². The summed E-state index contributed by atoms with van der Waals surface area (Å²) < 4.78 is 0. The van der Waals surface area contributed by atoms with Crippen LogP contribution in [0.4, 0.5) is 4.79 Å². The fourth-order valence-corrected chi connectivity index (χ4v) is 5.86. The molecule has 2 aliphatic heterocycles. The molecule has 8 heteroatoms. The second kappa shape index (κ2) is 7.75. The fraction of sp³-hybridized carbons (Fsp3) is 0.478. The average Bonchev–Trinajstić information content (AvgIpc) is 3.47. The molecule has 0 saturated carbocycles. The topological polar surface area (TPSA) is 82.6 Å². The Bertz CT molecular complexity index is 991. The highest BCUT2D eigenvalue weighted by atomic mass is 32.1. The van der Waals surface area contributed by atoms with Gasteiger partial charge in [-0.2, -0.15) is 0 Å². The van der Waals surface area contributed by atoms with E-state index in [4.69, 9.17) is 0 Å². The number of carbonyl (C=O) groups is 3. The highest BCUT2D eigenvalue weighted by Crippen LogP contribution is 2.36. The molecule has 0 unspecified atom stereocenters. The Morgan fingerprint density at radius 3 is 2.48 bits per heavy atom. The zero-order chi connectivity index (χ0) is 21.6. The highest BCUT2D eigenvalue weighted by molar-refractivity contribution is 7.07. The molecule has 0 radical (unpaired) electrons. The molecule has 1 aromatic carbocycles. The number of imide groups is 1. The number of thiazole rings is 1. The summed E-state index contributed by atoms with van der Waals surface area (Å²) >= 11 is 1.49. The smallest absolute Gasteiger partial charge is 0.325 e. The van der Waals surface area contributed by atoms with Crippen LogP contribution < -0.4 is 5.32 Å². The van der Waals surface area contributed by atoms with Crippen molar-refractivity contribution in [2.24, 2.45) is 5.92 Å². The molecule has 0 bridgehead atoms. The number of rotatable bonds is 4. The molecule has 31 heavy (non-hydrogen) atoms. The van der Waals surface area contributed by atoms with E-state index in [2.05, 4.69) is 22.4 Å². The summed E-state index contributed by atoms with van der Waals surface area (Å²) in [5.41, 5.74) is 4.06. The highest BCUT2D eigenvalue weighted by Gasteiger charge is 2.55. The molecule has 2 fully saturated rings. The van der Waals surface area contributed by atoms with Crippen molar-refractivity contribution in [1.29, 1.82) is 0 Å². The first-order chi connectivity index (χ1) is 15.0. The summed E-state index contributed by atoms with van der Waals surface area (Å²) in [6, 6.07) is 7.75. The van der Waals surface area contributed by atoms with Gasteiger partial charge in [-0.05, 0) is 49.7 Å². The van der Waals surface area contributed by atoms with Gasteiger partial charge in [-0.15, -0.1) is 11.3 Å². The van der Waals surface area contributed by atoms with Gasteiger partial charge in [0.25, 0.3) is 5.91 Å². The number of urea groups is 1. The molecule has 1 N–H and O–H groups in total. The zero-order valence-corrected chi connectivity index (χ0v) is 18.4. The van der Waals surface area contributed by atoms with E-state index >= 15 is 0 Å². The van der Waals surface area contributed by atoms with Crippen LogP contribution >= 0.6 is 11.3 Å².